The minimum absolute atomic E-state index is 0.208. The molecule has 0 heterocycles. The second-order valence-corrected chi connectivity index (χ2v) is 4.37. The van der Waals surface area contributed by atoms with Gasteiger partial charge in [-0.05, 0) is 26.0 Å². The molecule has 1 aromatic rings. The van der Waals surface area contributed by atoms with Crippen LogP contribution in [-0.4, -0.2) is 19.0 Å². The summed E-state index contributed by atoms with van der Waals surface area (Å²) in [6, 6.07) is 3.36. The number of carbonyl (C=O) groups is 1. The molecule has 0 unspecified atom stereocenters. The Balaban J connectivity index is 3.41. The normalized spacial score (nSPS) is 10.6. The fraction of sp³-hybridized carbons (Fsp3) is 0.364. The van der Waals surface area contributed by atoms with E-state index in [1.54, 1.807) is 12.1 Å². The van der Waals surface area contributed by atoms with Gasteiger partial charge in [0.05, 0.1) is 16.3 Å². The van der Waals surface area contributed by atoms with Crippen molar-refractivity contribution in [2.24, 2.45) is 5.73 Å². The summed E-state index contributed by atoms with van der Waals surface area (Å²) in [6.07, 6.45) is 0. The van der Waals surface area contributed by atoms with Crippen molar-refractivity contribution >= 4 is 28.9 Å². The lowest BCUT2D eigenvalue weighted by Gasteiger charge is -2.26. The molecule has 0 atom stereocenters. The minimum Gasteiger partial charge on any atom is -0.399 e. The molecule has 0 fully saturated rings. The number of rotatable bonds is 3. The topological polar surface area (TPSA) is 72.3 Å². The quantitative estimate of drug-likeness (QED) is 0.794. The average Bonchev–Trinajstić information content (AvgIpc) is 2.15. The monoisotopic (exact) mass is 241 g/mol. The third-order valence-electron chi connectivity index (χ3n) is 2.48. The van der Waals surface area contributed by atoms with Gasteiger partial charge in [-0.15, -0.1) is 0 Å². The predicted octanol–water partition coefficient (Wildman–Crippen LogP) is 1.87. The molecule has 4 nitrogen and oxygen atoms in total. The van der Waals surface area contributed by atoms with Gasteiger partial charge in [-0.3, -0.25) is 4.79 Å². The Bertz CT molecular complexity index is 418. The second-order valence-electron chi connectivity index (χ2n) is 3.97. The fourth-order valence-electron chi connectivity index (χ4n) is 1.42. The molecule has 0 bridgehead atoms. The van der Waals surface area contributed by atoms with Gasteiger partial charge in [0.1, 0.15) is 0 Å². The molecule has 88 valence electrons. The highest BCUT2D eigenvalue weighted by Gasteiger charge is 2.18. The van der Waals surface area contributed by atoms with Crippen LogP contribution in [0.25, 0.3) is 0 Å². The summed E-state index contributed by atoms with van der Waals surface area (Å²) >= 11 is 6.09. The number of hydrogen-bond donors (Lipinski definition) is 2. The summed E-state index contributed by atoms with van der Waals surface area (Å²) in [5.41, 5.74) is 12.3. The first kappa shape index (κ1) is 12.6. The molecule has 1 rings (SSSR count). The van der Waals surface area contributed by atoms with Crippen LogP contribution in [0.15, 0.2) is 12.1 Å². The molecule has 1 amide bonds. The second kappa shape index (κ2) is 4.61. The van der Waals surface area contributed by atoms with Crippen LogP contribution in [0.1, 0.15) is 24.2 Å². The molecular formula is C11H16ClN3O. The average molecular weight is 242 g/mol. The number of carbonyl (C=O) groups excluding carboxylic acids is 1. The zero-order chi connectivity index (χ0) is 12.5. The predicted molar refractivity (Wildman–Crippen MR) is 67.9 cm³/mol. The molecule has 4 N–H and O–H groups in total. The van der Waals surface area contributed by atoms with Gasteiger partial charge in [-0.1, -0.05) is 11.6 Å². The fourth-order valence-corrected chi connectivity index (χ4v) is 1.79. The van der Waals surface area contributed by atoms with E-state index in [0.29, 0.717) is 22.0 Å². The molecule has 0 aromatic heterocycles. The first-order chi connectivity index (χ1) is 7.34. The zero-order valence-corrected chi connectivity index (χ0v) is 10.4. The summed E-state index contributed by atoms with van der Waals surface area (Å²) in [5.74, 6) is -0.531. The van der Waals surface area contributed by atoms with Crippen molar-refractivity contribution in [2.75, 3.05) is 17.7 Å². The van der Waals surface area contributed by atoms with Gasteiger partial charge in [0, 0.05) is 18.8 Å². The smallest absolute Gasteiger partial charge is 0.250 e. The van der Waals surface area contributed by atoms with Crippen LogP contribution in [0.2, 0.25) is 5.02 Å². The van der Waals surface area contributed by atoms with Crippen molar-refractivity contribution in [3.63, 3.8) is 0 Å². The number of nitrogen functional groups attached to an aromatic ring is 1. The van der Waals surface area contributed by atoms with Crippen LogP contribution in [0.5, 0.6) is 0 Å². The van der Waals surface area contributed by atoms with Crippen LogP contribution in [-0.2, 0) is 0 Å². The van der Waals surface area contributed by atoms with E-state index in [-0.39, 0.29) is 6.04 Å². The summed E-state index contributed by atoms with van der Waals surface area (Å²) < 4.78 is 0. The number of hydrogen-bond acceptors (Lipinski definition) is 3. The summed E-state index contributed by atoms with van der Waals surface area (Å²) in [6.45, 7) is 3.99. The van der Waals surface area contributed by atoms with Crippen LogP contribution in [0.3, 0.4) is 0 Å². The van der Waals surface area contributed by atoms with E-state index in [9.17, 15) is 4.79 Å². The van der Waals surface area contributed by atoms with Gasteiger partial charge < -0.3 is 16.4 Å². The van der Waals surface area contributed by atoms with Crippen molar-refractivity contribution in [1.82, 2.24) is 0 Å². The summed E-state index contributed by atoms with van der Waals surface area (Å²) in [7, 11) is 1.86. The van der Waals surface area contributed by atoms with Crippen LogP contribution in [0.4, 0.5) is 11.4 Å². The van der Waals surface area contributed by atoms with E-state index in [1.165, 1.54) is 0 Å². The molecule has 0 spiro atoms. The van der Waals surface area contributed by atoms with E-state index in [2.05, 4.69) is 0 Å². The largest absolute Gasteiger partial charge is 0.399 e. The number of benzene rings is 1. The highest BCUT2D eigenvalue weighted by Crippen LogP contribution is 2.32. The molecule has 0 aliphatic carbocycles. The Morgan fingerprint density at radius 1 is 1.44 bits per heavy atom. The van der Waals surface area contributed by atoms with Gasteiger partial charge in [0.25, 0.3) is 5.91 Å². The van der Waals surface area contributed by atoms with Crippen molar-refractivity contribution in [1.29, 1.82) is 0 Å². The van der Waals surface area contributed by atoms with E-state index in [1.807, 2.05) is 25.8 Å². The lowest BCUT2D eigenvalue weighted by Crippen LogP contribution is -2.29. The Morgan fingerprint density at radius 3 is 2.44 bits per heavy atom. The van der Waals surface area contributed by atoms with Gasteiger partial charge in [0.15, 0.2) is 0 Å². The number of anilines is 2. The number of nitrogens with two attached hydrogens (primary N) is 2. The first-order valence-corrected chi connectivity index (χ1v) is 5.34. The van der Waals surface area contributed by atoms with Crippen molar-refractivity contribution in [3.8, 4) is 0 Å². The maximum atomic E-state index is 11.3. The molecule has 0 saturated carbocycles. The van der Waals surface area contributed by atoms with Crippen LogP contribution >= 0.6 is 11.6 Å². The number of primary amides is 1. The van der Waals surface area contributed by atoms with E-state index in [4.69, 9.17) is 23.1 Å². The van der Waals surface area contributed by atoms with Crippen molar-refractivity contribution in [2.45, 2.75) is 19.9 Å². The third-order valence-corrected chi connectivity index (χ3v) is 2.77. The van der Waals surface area contributed by atoms with Gasteiger partial charge in [-0.2, -0.15) is 0 Å². The molecule has 5 heteroatoms. The maximum absolute atomic E-state index is 11.3. The number of nitrogens with zero attached hydrogens (tertiary/aromatic N) is 1. The van der Waals surface area contributed by atoms with Crippen molar-refractivity contribution < 1.29 is 4.79 Å². The van der Waals surface area contributed by atoms with Crippen LogP contribution < -0.4 is 16.4 Å². The Hall–Kier alpha value is -1.42. The SMILES string of the molecule is CC(C)N(C)c1c(Cl)cc(N)cc1C(N)=O. The molecule has 0 aliphatic rings. The van der Waals surface area contributed by atoms with E-state index >= 15 is 0 Å². The molecular weight excluding hydrogens is 226 g/mol. The minimum atomic E-state index is -0.531. The molecule has 16 heavy (non-hydrogen) atoms. The number of halogens is 1. The Labute approximate surface area is 100 Å². The maximum Gasteiger partial charge on any atom is 0.250 e. The zero-order valence-electron chi connectivity index (χ0n) is 9.62. The van der Waals surface area contributed by atoms with Gasteiger partial charge in [0.2, 0.25) is 0 Å². The first-order valence-electron chi connectivity index (χ1n) is 4.96. The lowest BCUT2D eigenvalue weighted by molar-refractivity contribution is 0.100. The standard InChI is InChI=1S/C11H16ClN3O/c1-6(2)15(3)10-8(11(14)16)4-7(13)5-9(10)12/h4-6H,13H2,1-3H3,(H2,14,16). The summed E-state index contributed by atoms with van der Waals surface area (Å²) in [4.78, 5) is 13.2. The van der Waals surface area contributed by atoms with Gasteiger partial charge >= 0.3 is 0 Å². The van der Waals surface area contributed by atoms with Crippen LogP contribution in [0, 0.1) is 0 Å². The Morgan fingerprint density at radius 2 is 2.00 bits per heavy atom. The summed E-state index contributed by atoms with van der Waals surface area (Å²) in [5, 5.41) is 0.435. The highest BCUT2D eigenvalue weighted by molar-refractivity contribution is 6.34. The third kappa shape index (κ3) is 2.39. The molecule has 0 saturated heterocycles. The van der Waals surface area contributed by atoms with E-state index in [0.717, 1.165) is 0 Å². The number of amides is 1. The van der Waals surface area contributed by atoms with Crippen molar-refractivity contribution in [3.05, 3.63) is 22.7 Å². The molecule has 0 aliphatic heterocycles. The van der Waals surface area contributed by atoms with Gasteiger partial charge in [-0.25, -0.2) is 0 Å². The lowest BCUT2D eigenvalue weighted by atomic mass is 10.1. The highest BCUT2D eigenvalue weighted by atomic mass is 35.5. The van der Waals surface area contributed by atoms with E-state index < -0.39 is 5.91 Å². The Kier molecular flexibility index (Phi) is 3.65. The molecule has 0 radical (unpaired) electrons. The molecule has 1 aromatic carbocycles.